The second-order valence-corrected chi connectivity index (χ2v) is 7.22. The number of anilines is 1. The largest absolute Gasteiger partial charge is 0.378 e. The Morgan fingerprint density at radius 2 is 2.22 bits per heavy atom. The summed E-state index contributed by atoms with van der Waals surface area (Å²) in [6.45, 7) is 0.757. The Labute approximate surface area is 156 Å². The summed E-state index contributed by atoms with van der Waals surface area (Å²) >= 11 is 0. The van der Waals surface area contributed by atoms with Gasteiger partial charge >= 0.3 is 0 Å². The number of aryl methyl sites for hydroxylation is 1. The molecule has 3 unspecified atom stereocenters. The molecular weight excluding hydrogens is 348 g/mol. The summed E-state index contributed by atoms with van der Waals surface area (Å²) in [6.07, 6.45) is 7.49. The number of nitro groups is 1. The Hall–Kier alpha value is -2.74. The van der Waals surface area contributed by atoms with Crippen LogP contribution in [0.1, 0.15) is 41.9 Å². The minimum Gasteiger partial charge on any atom is -0.378 e. The van der Waals surface area contributed by atoms with Crippen LogP contribution in [0.5, 0.6) is 0 Å². The Morgan fingerprint density at radius 3 is 2.96 bits per heavy atom. The normalized spacial score (nSPS) is 24.4. The van der Waals surface area contributed by atoms with Crippen LogP contribution in [0, 0.1) is 16.0 Å². The van der Waals surface area contributed by atoms with Crippen molar-refractivity contribution in [1.29, 1.82) is 0 Å². The number of carbonyl (C=O) groups is 1. The van der Waals surface area contributed by atoms with Crippen LogP contribution in [0.4, 0.5) is 11.4 Å². The quantitative estimate of drug-likeness (QED) is 0.493. The van der Waals surface area contributed by atoms with Gasteiger partial charge in [0.15, 0.2) is 5.82 Å². The van der Waals surface area contributed by atoms with E-state index in [2.05, 4.69) is 10.3 Å². The maximum absolute atomic E-state index is 12.6. The second kappa shape index (κ2) is 7.11. The van der Waals surface area contributed by atoms with Crippen LogP contribution in [-0.2, 0) is 11.8 Å². The van der Waals surface area contributed by atoms with Gasteiger partial charge in [0.1, 0.15) is 5.69 Å². The molecule has 0 spiro atoms. The smallest absolute Gasteiger partial charge is 0.293 e. The number of nitrogens with zero attached hydrogens (tertiary/aromatic N) is 3. The number of fused-ring (bicyclic) bond motifs is 1. The molecule has 1 saturated heterocycles. The molecule has 2 aromatic rings. The molecule has 0 bridgehead atoms. The maximum atomic E-state index is 12.6. The zero-order valence-electron chi connectivity index (χ0n) is 15.1. The number of ketones is 1. The lowest BCUT2D eigenvalue weighted by molar-refractivity contribution is -0.384. The number of carbonyl (C=O) groups excluding carboxylic acids is 1. The summed E-state index contributed by atoms with van der Waals surface area (Å²) in [5, 5.41) is 15.0. The molecule has 1 saturated carbocycles. The Bertz CT molecular complexity index is 878. The highest BCUT2D eigenvalue weighted by Crippen LogP contribution is 2.37. The molecule has 8 nitrogen and oxygen atoms in total. The lowest BCUT2D eigenvalue weighted by Crippen LogP contribution is -2.38. The van der Waals surface area contributed by atoms with Crippen molar-refractivity contribution in [3.63, 3.8) is 0 Å². The molecule has 0 amide bonds. The standard InChI is InChI=1S/C19H22N4O4/c1-22-9-8-20-19(22)18(24)12-5-6-15(16(11-12)23(25)26)21-14-3-2-4-17-13(14)7-10-27-17/h5-6,8-9,11,13-14,17,21H,2-4,7,10H2,1H3. The Balaban J connectivity index is 1.61. The molecule has 1 aliphatic carbocycles. The van der Waals surface area contributed by atoms with Crippen molar-refractivity contribution < 1.29 is 14.5 Å². The summed E-state index contributed by atoms with van der Waals surface area (Å²) in [7, 11) is 1.72. The molecule has 1 aliphatic heterocycles. The van der Waals surface area contributed by atoms with Gasteiger partial charge in [-0.2, -0.15) is 0 Å². The van der Waals surface area contributed by atoms with E-state index in [4.69, 9.17) is 4.74 Å². The molecule has 3 atom stereocenters. The van der Waals surface area contributed by atoms with Crippen LogP contribution < -0.4 is 5.32 Å². The van der Waals surface area contributed by atoms with Crippen molar-refractivity contribution in [2.24, 2.45) is 13.0 Å². The molecule has 1 aromatic heterocycles. The van der Waals surface area contributed by atoms with Gasteiger partial charge in [-0.3, -0.25) is 14.9 Å². The van der Waals surface area contributed by atoms with Crippen LogP contribution in [0.2, 0.25) is 0 Å². The average Bonchev–Trinajstić information content (AvgIpc) is 3.30. The van der Waals surface area contributed by atoms with Gasteiger partial charge in [-0.05, 0) is 37.8 Å². The highest BCUT2D eigenvalue weighted by molar-refractivity contribution is 6.07. The SMILES string of the molecule is Cn1ccnc1C(=O)c1ccc(NC2CCCC3OCCC23)c([N+](=O)[O-])c1. The zero-order valence-corrected chi connectivity index (χ0v) is 15.1. The molecule has 2 fully saturated rings. The Morgan fingerprint density at radius 1 is 1.37 bits per heavy atom. The summed E-state index contributed by atoms with van der Waals surface area (Å²) in [6, 6.07) is 4.75. The van der Waals surface area contributed by atoms with Gasteiger partial charge in [-0.15, -0.1) is 0 Å². The highest BCUT2D eigenvalue weighted by Gasteiger charge is 2.38. The van der Waals surface area contributed by atoms with Crippen LogP contribution in [-0.4, -0.2) is 39.0 Å². The van der Waals surface area contributed by atoms with Crippen LogP contribution in [0.25, 0.3) is 0 Å². The molecule has 2 heterocycles. The topological polar surface area (TPSA) is 99.3 Å². The van der Waals surface area contributed by atoms with E-state index in [1.54, 1.807) is 29.9 Å². The van der Waals surface area contributed by atoms with Gasteiger partial charge in [0.05, 0.1) is 11.0 Å². The molecule has 0 radical (unpaired) electrons. The third-order valence-corrected chi connectivity index (χ3v) is 5.60. The first-order valence-electron chi connectivity index (χ1n) is 9.23. The van der Waals surface area contributed by atoms with E-state index in [1.165, 1.54) is 12.3 Å². The summed E-state index contributed by atoms with van der Waals surface area (Å²) in [5.41, 5.74) is 0.623. The van der Waals surface area contributed by atoms with Gasteiger partial charge in [-0.25, -0.2) is 4.98 Å². The fourth-order valence-electron chi connectivity index (χ4n) is 4.21. The molecule has 2 aliphatic rings. The summed E-state index contributed by atoms with van der Waals surface area (Å²) in [5.74, 6) is 0.300. The van der Waals surface area contributed by atoms with Crippen molar-refractivity contribution >= 4 is 17.2 Å². The lowest BCUT2D eigenvalue weighted by Gasteiger charge is -2.33. The zero-order chi connectivity index (χ0) is 19.0. The molecule has 8 heteroatoms. The second-order valence-electron chi connectivity index (χ2n) is 7.22. The van der Waals surface area contributed by atoms with E-state index in [-0.39, 0.29) is 35.0 Å². The lowest BCUT2D eigenvalue weighted by atomic mass is 9.81. The van der Waals surface area contributed by atoms with Crippen LogP contribution >= 0.6 is 0 Å². The number of aromatic nitrogens is 2. The van der Waals surface area contributed by atoms with E-state index >= 15 is 0 Å². The van der Waals surface area contributed by atoms with Crippen LogP contribution in [0.15, 0.2) is 30.6 Å². The fourth-order valence-corrected chi connectivity index (χ4v) is 4.21. The number of rotatable bonds is 5. The summed E-state index contributed by atoms with van der Waals surface area (Å²) < 4.78 is 7.38. The van der Waals surface area contributed by atoms with E-state index in [0.717, 1.165) is 32.3 Å². The number of imidazole rings is 1. The maximum Gasteiger partial charge on any atom is 0.293 e. The number of hydrogen-bond acceptors (Lipinski definition) is 6. The molecular formula is C19H22N4O4. The third kappa shape index (κ3) is 3.32. The minimum absolute atomic E-state index is 0.0869. The van der Waals surface area contributed by atoms with E-state index in [9.17, 15) is 14.9 Å². The van der Waals surface area contributed by atoms with E-state index < -0.39 is 4.92 Å². The number of benzene rings is 1. The molecule has 142 valence electrons. The van der Waals surface area contributed by atoms with E-state index in [0.29, 0.717) is 11.6 Å². The van der Waals surface area contributed by atoms with Crippen molar-refractivity contribution in [2.75, 3.05) is 11.9 Å². The molecule has 27 heavy (non-hydrogen) atoms. The van der Waals surface area contributed by atoms with Gasteiger partial charge in [0.25, 0.3) is 5.69 Å². The first-order chi connectivity index (χ1) is 13.0. The molecule has 1 aromatic carbocycles. The summed E-state index contributed by atoms with van der Waals surface area (Å²) in [4.78, 5) is 27.8. The minimum atomic E-state index is -0.441. The average molecular weight is 370 g/mol. The predicted octanol–water partition coefficient (Wildman–Crippen LogP) is 2.93. The third-order valence-electron chi connectivity index (χ3n) is 5.60. The first kappa shape index (κ1) is 17.7. The van der Waals surface area contributed by atoms with Crippen molar-refractivity contribution in [3.8, 4) is 0 Å². The van der Waals surface area contributed by atoms with Gasteiger partial charge in [-0.1, -0.05) is 0 Å². The number of nitro benzene ring substituents is 1. The Kier molecular flexibility index (Phi) is 4.65. The fraction of sp³-hybridized carbons (Fsp3) is 0.474. The van der Waals surface area contributed by atoms with Crippen molar-refractivity contribution in [3.05, 3.63) is 52.1 Å². The number of nitrogens with one attached hydrogen (secondary N) is 1. The molecule has 4 rings (SSSR count). The van der Waals surface area contributed by atoms with Gasteiger partial charge < -0.3 is 14.6 Å². The monoisotopic (exact) mass is 370 g/mol. The molecule has 1 N–H and O–H groups in total. The number of ether oxygens (including phenoxy) is 1. The van der Waals surface area contributed by atoms with Crippen molar-refractivity contribution in [1.82, 2.24) is 9.55 Å². The first-order valence-corrected chi connectivity index (χ1v) is 9.23. The predicted molar refractivity (Wildman–Crippen MR) is 98.8 cm³/mol. The van der Waals surface area contributed by atoms with Gasteiger partial charge in [0.2, 0.25) is 5.78 Å². The van der Waals surface area contributed by atoms with Crippen molar-refractivity contribution in [2.45, 2.75) is 37.8 Å². The number of hydrogen-bond donors (Lipinski definition) is 1. The van der Waals surface area contributed by atoms with Crippen LogP contribution in [0.3, 0.4) is 0 Å². The van der Waals surface area contributed by atoms with E-state index in [1.807, 2.05) is 0 Å². The highest BCUT2D eigenvalue weighted by atomic mass is 16.6. The van der Waals surface area contributed by atoms with Gasteiger partial charge in [0, 0.05) is 49.6 Å².